The molecule has 0 aliphatic rings. The van der Waals surface area contributed by atoms with Crippen LogP contribution in [0.4, 0.5) is 4.39 Å². The maximum Gasteiger partial charge on any atom is 0.242 e. The molecule has 0 aliphatic carbocycles. The van der Waals surface area contributed by atoms with Crippen molar-refractivity contribution in [3.8, 4) is 0 Å². The monoisotopic (exact) mass is 450 g/mol. The Hall–Kier alpha value is -2.05. The van der Waals surface area contributed by atoms with Crippen LogP contribution in [0.3, 0.4) is 0 Å². The van der Waals surface area contributed by atoms with E-state index in [1.54, 1.807) is 24.0 Å². The highest BCUT2D eigenvalue weighted by Crippen LogP contribution is 2.21. The minimum atomic E-state index is -0.641. The van der Waals surface area contributed by atoms with Gasteiger partial charge in [-0.05, 0) is 49.6 Å². The number of nitrogens with one attached hydrogen (secondary N) is 1. The minimum Gasteiger partial charge on any atom is -0.352 e. The number of halogens is 2. The number of benzene rings is 2. The molecule has 0 saturated carbocycles. The average molecular weight is 451 g/mol. The second-order valence-electron chi connectivity index (χ2n) is 7.23. The van der Waals surface area contributed by atoms with Crippen molar-refractivity contribution in [3.05, 3.63) is 70.5 Å². The smallest absolute Gasteiger partial charge is 0.242 e. The molecular weight excluding hydrogens is 423 g/mol. The molecule has 30 heavy (non-hydrogen) atoms. The van der Waals surface area contributed by atoms with Crippen molar-refractivity contribution in [2.45, 2.75) is 51.6 Å². The fourth-order valence-electron chi connectivity index (χ4n) is 2.78. The highest BCUT2D eigenvalue weighted by atomic mass is 35.5. The van der Waals surface area contributed by atoms with Crippen LogP contribution in [0.1, 0.15) is 38.3 Å². The molecule has 0 aromatic heterocycles. The van der Waals surface area contributed by atoms with Gasteiger partial charge in [-0.3, -0.25) is 9.59 Å². The third-order valence-electron chi connectivity index (χ3n) is 4.88. The van der Waals surface area contributed by atoms with Gasteiger partial charge in [-0.2, -0.15) is 0 Å². The molecule has 0 radical (unpaired) electrons. The molecule has 2 aromatic rings. The Kier molecular flexibility index (Phi) is 9.66. The van der Waals surface area contributed by atoms with Crippen LogP contribution in [0.2, 0.25) is 5.02 Å². The van der Waals surface area contributed by atoms with Crippen molar-refractivity contribution in [1.82, 2.24) is 10.2 Å². The van der Waals surface area contributed by atoms with Gasteiger partial charge >= 0.3 is 0 Å². The molecular formula is C23H28ClFN2O2S. The lowest BCUT2D eigenvalue weighted by molar-refractivity contribution is -0.138. The van der Waals surface area contributed by atoms with E-state index in [-0.39, 0.29) is 36.0 Å². The Balaban J connectivity index is 2.08. The molecule has 0 bridgehead atoms. The molecule has 0 spiro atoms. The van der Waals surface area contributed by atoms with Crippen molar-refractivity contribution < 1.29 is 14.0 Å². The Labute approximate surface area is 187 Å². The van der Waals surface area contributed by atoms with Gasteiger partial charge in [0.1, 0.15) is 11.9 Å². The third kappa shape index (κ3) is 7.33. The van der Waals surface area contributed by atoms with Crippen molar-refractivity contribution in [1.29, 1.82) is 0 Å². The zero-order chi connectivity index (χ0) is 22.1. The van der Waals surface area contributed by atoms with Crippen LogP contribution in [0.15, 0.2) is 48.5 Å². The van der Waals surface area contributed by atoms with E-state index in [0.29, 0.717) is 10.8 Å². The number of rotatable bonds is 10. The van der Waals surface area contributed by atoms with Gasteiger partial charge in [0.2, 0.25) is 11.8 Å². The number of carbonyl (C=O) groups is 2. The largest absolute Gasteiger partial charge is 0.352 e. The van der Waals surface area contributed by atoms with Gasteiger partial charge < -0.3 is 10.2 Å². The molecule has 1 N–H and O–H groups in total. The van der Waals surface area contributed by atoms with E-state index >= 15 is 0 Å². The SMILES string of the molecule is CC[C@H](C)NC(=O)[C@@H](C)N(Cc1ccc(F)cc1)C(=O)CSCc1ccccc1Cl. The Bertz CT molecular complexity index is 847. The molecule has 0 heterocycles. The normalized spacial score (nSPS) is 12.8. The van der Waals surface area contributed by atoms with Crippen LogP contribution in [0.25, 0.3) is 0 Å². The second-order valence-corrected chi connectivity index (χ2v) is 8.62. The summed E-state index contributed by atoms with van der Waals surface area (Å²) in [4.78, 5) is 27.2. The molecule has 7 heteroatoms. The Morgan fingerprint density at radius 2 is 1.80 bits per heavy atom. The number of hydrogen-bond acceptors (Lipinski definition) is 3. The minimum absolute atomic E-state index is 0.0253. The zero-order valence-corrected chi connectivity index (χ0v) is 19.1. The highest BCUT2D eigenvalue weighted by molar-refractivity contribution is 7.99. The van der Waals surface area contributed by atoms with Crippen LogP contribution >= 0.6 is 23.4 Å². The van der Waals surface area contributed by atoms with Crippen LogP contribution in [0.5, 0.6) is 0 Å². The van der Waals surface area contributed by atoms with Crippen molar-refractivity contribution in [2.24, 2.45) is 0 Å². The van der Waals surface area contributed by atoms with E-state index in [2.05, 4.69) is 5.32 Å². The van der Waals surface area contributed by atoms with Gasteiger partial charge in [0.25, 0.3) is 0 Å². The molecule has 0 aliphatic heterocycles. The van der Waals surface area contributed by atoms with Crippen LogP contribution in [0, 0.1) is 5.82 Å². The summed E-state index contributed by atoms with van der Waals surface area (Å²) in [6.45, 7) is 5.87. The number of thioether (sulfide) groups is 1. The first kappa shape index (κ1) is 24.2. The van der Waals surface area contributed by atoms with Crippen molar-refractivity contribution in [3.63, 3.8) is 0 Å². The summed E-state index contributed by atoms with van der Waals surface area (Å²) in [5, 5.41) is 3.60. The molecule has 2 atom stereocenters. The molecule has 4 nitrogen and oxygen atoms in total. The van der Waals surface area contributed by atoms with E-state index in [1.807, 2.05) is 38.1 Å². The molecule has 0 fully saturated rings. The first-order chi connectivity index (χ1) is 14.3. The van der Waals surface area contributed by atoms with E-state index in [4.69, 9.17) is 11.6 Å². The van der Waals surface area contributed by atoms with E-state index in [9.17, 15) is 14.0 Å². The van der Waals surface area contributed by atoms with Crippen LogP contribution in [-0.4, -0.2) is 34.6 Å². The van der Waals surface area contributed by atoms with Gasteiger partial charge in [-0.1, -0.05) is 48.9 Å². The topological polar surface area (TPSA) is 49.4 Å². The van der Waals surface area contributed by atoms with E-state index in [0.717, 1.165) is 17.5 Å². The summed E-state index contributed by atoms with van der Waals surface area (Å²) < 4.78 is 13.3. The summed E-state index contributed by atoms with van der Waals surface area (Å²) in [6.07, 6.45) is 0.804. The van der Waals surface area contributed by atoms with Gasteiger partial charge in [-0.15, -0.1) is 11.8 Å². The maximum atomic E-state index is 13.3. The number of hydrogen-bond donors (Lipinski definition) is 1. The van der Waals surface area contributed by atoms with Gasteiger partial charge in [0.05, 0.1) is 5.75 Å². The first-order valence-electron chi connectivity index (χ1n) is 9.97. The molecule has 0 saturated heterocycles. The highest BCUT2D eigenvalue weighted by Gasteiger charge is 2.26. The molecule has 2 amide bonds. The van der Waals surface area contributed by atoms with Crippen LogP contribution < -0.4 is 5.32 Å². The average Bonchev–Trinajstić information content (AvgIpc) is 2.73. The second kappa shape index (κ2) is 12.0. The Morgan fingerprint density at radius 1 is 1.13 bits per heavy atom. The predicted octanol–water partition coefficient (Wildman–Crippen LogP) is 5.04. The first-order valence-corrected chi connectivity index (χ1v) is 11.5. The van der Waals surface area contributed by atoms with E-state index < -0.39 is 6.04 Å². The number of carbonyl (C=O) groups excluding carboxylic acids is 2. The molecule has 162 valence electrons. The quantitative estimate of drug-likeness (QED) is 0.551. The lowest BCUT2D eigenvalue weighted by atomic mass is 10.1. The maximum absolute atomic E-state index is 13.3. The lowest BCUT2D eigenvalue weighted by Gasteiger charge is -2.29. The number of amides is 2. The molecule has 0 unspecified atom stereocenters. The lowest BCUT2D eigenvalue weighted by Crippen LogP contribution is -2.50. The van der Waals surface area contributed by atoms with Gasteiger partial charge in [-0.25, -0.2) is 4.39 Å². The summed E-state index contributed by atoms with van der Waals surface area (Å²) in [5.74, 6) is 0.130. The van der Waals surface area contributed by atoms with Crippen molar-refractivity contribution in [2.75, 3.05) is 5.75 Å². The van der Waals surface area contributed by atoms with E-state index in [1.165, 1.54) is 23.9 Å². The van der Waals surface area contributed by atoms with Gasteiger partial charge in [0.15, 0.2) is 0 Å². The fraction of sp³-hybridized carbons (Fsp3) is 0.391. The molecule has 2 aromatic carbocycles. The summed E-state index contributed by atoms with van der Waals surface area (Å²) in [5.41, 5.74) is 1.73. The zero-order valence-electron chi connectivity index (χ0n) is 17.5. The Morgan fingerprint density at radius 3 is 2.43 bits per heavy atom. The standard InChI is InChI=1S/C23H28ClFN2O2S/c1-4-16(2)26-23(29)17(3)27(13-18-9-11-20(25)12-10-18)22(28)15-30-14-19-7-5-6-8-21(19)24/h5-12,16-17H,4,13-15H2,1-3H3,(H,26,29)/t16-,17+/m0/s1. The summed E-state index contributed by atoms with van der Waals surface area (Å²) in [6, 6.07) is 12.9. The van der Waals surface area contributed by atoms with Crippen molar-refractivity contribution >= 4 is 35.2 Å². The predicted molar refractivity (Wildman–Crippen MR) is 122 cm³/mol. The fourth-order valence-corrected chi connectivity index (χ4v) is 3.98. The third-order valence-corrected chi connectivity index (χ3v) is 6.21. The summed E-state index contributed by atoms with van der Waals surface area (Å²) in [7, 11) is 0. The summed E-state index contributed by atoms with van der Waals surface area (Å²) >= 11 is 7.63. The van der Waals surface area contributed by atoms with Gasteiger partial charge in [0, 0.05) is 23.4 Å². The number of nitrogens with zero attached hydrogens (tertiary/aromatic N) is 1. The molecule has 2 rings (SSSR count). The van der Waals surface area contributed by atoms with Crippen LogP contribution in [-0.2, 0) is 21.9 Å².